The molecular formula is C18H19N5O4. The second-order valence-corrected chi connectivity index (χ2v) is 5.54. The minimum absolute atomic E-state index is 0.294. The number of rotatable bonds is 6. The third-order valence-electron chi connectivity index (χ3n) is 3.95. The van der Waals surface area contributed by atoms with Crippen LogP contribution in [0.5, 0.6) is 17.2 Å². The molecule has 0 saturated carbocycles. The molecule has 0 aliphatic carbocycles. The summed E-state index contributed by atoms with van der Waals surface area (Å²) in [6, 6.07) is 10.5. The Labute approximate surface area is 155 Å². The first-order valence-corrected chi connectivity index (χ1v) is 8.02. The van der Waals surface area contributed by atoms with Crippen LogP contribution in [-0.4, -0.2) is 47.4 Å². The van der Waals surface area contributed by atoms with Gasteiger partial charge in [-0.3, -0.25) is 4.79 Å². The molecule has 3 rings (SSSR count). The Hall–Kier alpha value is -3.62. The zero-order valence-corrected chi connectivity index (χ0v) is 15.4. The van der Waals surface area contributed by atoms with E-state index in [1.165, 1.54) is 21.3 Å². The first-order valence-electron chi connectivity index (χ1n) is 8.02. The summed E-state index contributed by atoms with van der Waals surface area (Å²) in [4.78, 5) is 12.8. The van der Waals surface area contributed by atoms with E-state index >= 15 is 0 Å². The molecule has 9 nitrogen and oxygen atoms in total. The number of benzene rings is 2. The number of aromatic nitrogens is 4. The van der Waals surface area contributed by atoms with E-state index in [1.807, 2.05) is 12.1 Å². The van der Waals surface area contributed by atoms with E-state index in [1.54, 1.807) is 36.0 Å². The number of amides is 1. The molecule has 0 atom stereocenters. The van der Waals surface area contributed by atoms with Crippen LogP contribution < -0.4 is 19.5 Å². The van der Waals surface area contributed by atoms with E-state index < -0.39 is 0 Å². The van der Waals surface area contributed by atoms with Gasteiger partial charge in [-0.05, 0) is 34.7 Å². The fourth-order valence-electron chi connectivity index (χ4n) is 2.69. The Morgan fingerprint density at radius 3 is 2.44 bits per heavy atom. The monoisotopic (exact) mass is 369 g/mol. The molecule has 0 aliphatic rings. The summed E-state index contributed by atoms with van der Waals surface area (Å²) >= 11 is 0. The standard InChI is InChI=1S/C18H19N5O4/c1-23-17(20-21-22-23)11-6-5-7-12(10-11)19-18(24)13-8-9-14(25-2)16(27-4)15(13)26-3/h5-10H,1-4H3,(H,19,24). The van der Waals surface area contributed by atoms with E-state index in [2.05, 4.69) is 20.8 Å². The molecule has 0 bridgehead atoms. The highest BCUT2D eigenvalue weighted by molar-refractivity contribution is 6.07. The SMILES string of the molecule is COc1ccc(C(=O)Nc2cccc(-c3nnnn3C)c2)c(OC)c1OC. The van der Waals surface area contributed by atoms with Gasteiger partial charge in [-0.1, -0.05) is 12.1 Å². The molecule has 3 aromatic rings. The number of aryl methyl sites for hydroxylation is 1. The Morgan fingerprint density at radius 1 is 1.04 bits per heavy atom. The van der Waals surface area contributed by atoms with Gasteiger partial charge in [0.1, 0.15) is 0 Å². The summed E-state index contributed by atoms with van der Waals surface area (Å²) in [5.74, 6) is 1.37. The lowest BCUT2D eigenvalue weighted by Crippen LogP contribution is -2.14. The normalized spacial score (nSPS) is 10.4. The van der Waals surface area contributed by atoms with Gasteiger partial charge in [-0.15, -0.1) is 5.10 Å². The van der Waals surface area contributed by atoms with Crippen LogP contribution >= 0.6 is 0 Å². The van der Waals surface area contributed by atoms with Crippen molar-refractivity contribution in [1.82, 2.24) is 20.2 Å². The second kappa shape index (κ2) is 7.73. The minimum Gasteiger partial charge on any atom is -0.493 e. The van der Waals surface area contributed by atoms with Gasteiger partial charge in [0.15, 0.2) is 17.3 Å². The maximum atomic E-state index is 12.8. The number of nitrogens with one attached hydrogen (secondary N) is 1. The van der Waals surface area contributed by atoms with Gasteiger partial charge in [0.2, 0.25) is 5.75 Å². The van der Waals surface area contributed by atoms with Gasteiger partial charge in [0.05, 0.1) is 26.9 Å². The van der Waals surface area contributed by atoms with Crippen LogP contribution in [0.2, 0.25) is 0 Å². The third kappa shape index (κ3) is 3.52. The van der Waals surface area contributed by atoms with Gasteiger partial charge >= 0.3 is 0 Å². The number of tetrazole rings is 1. The number of ether oxygens (including phenoxy) is 3. The van der Waals surface area contributed by atoms with Crippen molar-refractivity contribution < 1.29 is 19.0 Å². The zero-order chi connectivity index (χ0) is 19.4. The number of carbonyl (C=O) groups is 1. The lowest BCUT2D eigenvalue weighted by Gasteiger charge is -2.15. The average Bonchev–Trinajstić information content (AvgIpc) is 3.12. The predicted octanol–water partition coefficient (Wildman–Crippen LogP) is 2.16. The van der Waals surface area contributed by atoms with Crippen LogP contribution in [0.25, 0.3) is 11.4 Å². The van der Waals surface area contributed by atoms with E-state index in [-0.39, 0.29) is 5.91 Å². The van der Waals surface area contributed by atoms with Crippen molar-refractivity contribution in [1.29, 1.82) is 0 Å². The largest absolute Gasteiger partial charge is 0.493 e. The molecule has 0 saturated heterocycles. The maximum absolute atomic E-state index is 12.8. The van der Waals surface area contributed by atoms with Crippen molar-refractivity contribution in [2.75, 3.05) is 26.6 Å². The number of hydrogen-bond acceptors (Lipinski definition) is 7. The van der Waals surface area contributed by atoms with Gasteiger partial charge in [0.25, 0.3) is 5.91 Å². The highest BCUT2D eigenvalue weighted by atomic mass is 16.5. The maximum Gasteiger partial charge on any atom is 0.259 e. The average molecular weight is 369 g/mol. The van der Waals surface area contributed by atoms with Gasteiger partial charge in [0, 0.05) is 18.3 Å². The lowest BCUT2D eigenvalue weighted by atomic mass is 10.1. The molecule has 9 heteroatoms. The van der Waals surface area contributed by atoms with Crippen LogP contribution in [0.4, 0.5) is 5.69 Å². The smallest absolute Gasteiger partial charge is 0.259 e. The van der Waals surface area contributed by atoms with Crippen molar-refractivity contribution in [2.24, 2.45) is 7.05 Å². The first-order chi connectivity index (χ1) is 13.1. The molecule has 0 unspecified atom stereocenters. The Morgan fingerprint density at radius 2 is 1.81 bits per heavy atom. The quantitative estimate of drug-likeness (QED) is 0.710. The summed E-state index contributed by atoms with van der Waals surface area (Å²) in [5, 5.41) is 14.3. The Balaban J connectivity index is 1.91. The first kappa shape index (κ1) is 18.2. The van der Waals surface area contributed by atoms with E-state index in [0.29, 0.717) is 34.3 Å². The molecule has 0 fully saturated rings. The molecular weight excluding hydrogens is 350 g/mol. The molecule has 140 valence electrons. The van der Waals surface area contributed by atoms with Gasteiger partial charge in [-0.2, -0.15) is 0 Å². The van der Waals surface area contributed by atoms with E-state index in [4.69, 9.17) is 14.2 Å². The van der Waals surface area contributed by atoms with Gasteiger partial charge < -0.3 is 19.5 Å². The summed E-state index contributed by atoms with van der Waals surface area (Å²) in [6.07, 6.45) is 0. The third-order valence-corrected chi connectivity index (χ3v) is 3.95. The summed E-state index contributed by atoms with van der Waals surface area (Å²) in [5.41, 5.74) is 1.69. The fourth-order valence-corrected chi connectivity index (χ4v) is 2.69. The minimum atomic E-state index is -0.346. The Kier molecular flexibility index (Phi) is 5.20. The molecule has 2 aromatic carbocycles. The van der Waals surface area contributed by atoms with Crippen molar-refractivity contribution in [3.63, 3.8) is 0 Å². The second-order valence-electron chi connectivity index (χ2n) is 5.54. The molecule has 1 amide bonds. The number of methoxy groups -OCH3 is 3. The summed E-state index contributed by atoms with van der Waals surface area (Å²) < 4.78 is 17.5. The lowest BCUT2D eigenvalue weighted by molar-refractivity contribution is 0.102. The van der Waals surface area contributed by atoms with Gasteiger partial charge in [-0.25, -0.2) is 4.68 Å². The fraction of sp³-hybridized carbons (Fsp3) is 0.222. The highest BCUT2D eigenvalue weighted by Gasteiger charge is 2.21. The highest BCUT2D eigenvalue weighted by Crippen LogP contribution is 2.40. The Bertz CT molecular complexity index is 970. The van der Waals surface area contributed by atoms with Crippen molar-refractivity contribution in [3.05, 3.63) is 42.0 Å². The molecule has 27 heavy (non-hydrogen) atoms. The number of nitrogens with zero attached hydrogens (tertiary/aromatic N) is 4. The van der Waals surface area contributed by atoms with E-state index in [9.17, 15) is 4.79 Å². The summed E-state index contributed by atoms with van der Waals surface area (Å²) in [7, 11) is 6.22. The predicted molar refractivity (Wildman–Crippen MR) is 98.3 cm³/mol. The summed E-state index contributed by atoms with van der Waals surface area (Å²) in [6.45, 7) is 0. The number of anilines is 1. The zero-order valence-electron chi connectivity index (χ0n) is 15.4. The van der Waals surface area contributed by atoms with Crippen LogP contribution in [0, 0.1) is 0 Å². The van der Waals surface area contributed by atoms with Crippen LogP contribution in [0.15, 0.2) is 36.4 Å². The molecule has 1 N–H and O–H groups in total. The topological polar surface area (TPSA) is 100 Å². The van der Waals surface area contributed by atoms with Crippen molar-refractivity contribution in [2.45, 2.75) is 0 Å². The van der Waals surface area contributed by atoms with Crippen LogP contribution in [-0.2, 0) is 7.05 Å². The van der Waals surface area contributed by atoms with Crippen LogP contribution in [0.3, 0.4) is 0 Å². The molecule has 1 heterocycles. The van der Waals surface area contributed by atoms with Crippen molar-refractivity contribution in [3.8, 4) is 28.6 Å². The van der Waals surface area contributed by atoms with Crippen molar-refractivity contribution >= 4 is 11.6 Å². The number of hydrogen-bond donors (Lipinski definition) is 1. The molecule has 0 aliphatic heterocycles. The van der Waals surface area contributed by atoms with E-state index in [0.717, 1.165) is 5.56 Å². The molecule has 0 spiro atoms. The molecule has 0 radical (unpaired) electrons. The molecule has 1 aromatic heterocycles. The number of carbonyl (C=O) groups excluding carboxylic acids is 1. The van der Waals surface area contributed by atoms with Crippen LogP contribution in [0.1, 0.15) is 10.4 Å².